The van der Waals surface area contributed by atoms with Gasteiger partial charge in [-0.05, 0) is 17.9 Å². The standard InChI is InChI=1S/C16H20N4/c1-11-10-14-15(13-5-3-2-4-12(11)13)18-19-16(14)20-8-6-17-7-9-20/h2-5,11,17H,6-10H2,1H3,(H,18,19). The van der Waals surface area contributed by atoms with Crippen molar-refractivity contribution < 1.29 is 0 Å². The zero-order valence-electron chi connectivity index (χ0n) is 11.8. The lowest BCUT2D eigenvalue weighted by Gasteiger charge is -2.30. The lowest BCUT2D eigenvalue weighted by atomic mass is 9.82. The molecular weight excluding hydrogens is 248 g/mol. The van der Waals surface area contributed by atoms with Crippen LogP contribution in [0, 0.1) is 0 Å². The van der Waals surface area contributed by atoms with Crippen molar-refractivity contribution in [2.24, 2.45) is 0 Å². The van der Waals surface area contributed by atoms with Gasteiger partial charge in [0.25, 0.3) is 0 Å². The van der Waals surface area contributed by atoms with E-state index in [0.29, 0.717) is 5.92 Å². The fraction of sp³-hybridized carbons (Fsp3) is 0.438. The highest BCUT2D eigenvalue weighted by Crippen LogP contribution is 2.41. The molecule has 0 saturated carbocycles. The van der Waals surface area contributed by atoms with Crippen LogP contribution in [0.15, 0.2) is 24.3 Å². The molecule has 4 nitrogen and oxygen atoms in total. The Morgan fingerprint density at radius 3 is 2.85 bits per heavy atom. The van der Waals surface area contributed by atoms with Gasteiger partial charge in [-0.2, -0.15) is 5.10 Å². The summed E-state index contributed by atoms with van der Waals surface area (Å²) < 4.78 is 0. The number of benzene rings is 1. The van der Waals surface area contributed by atoms with E-state index in [2.05, 4.69) is 51.6 Å². The quantitative estimate of drug-likeness (QED) is 0.833. The van der Waals surface area contributed by atoms with Gasteiger partial charge in [-0.25, -0.2) is 0 Å². The highest BCUT2D eigenvalue weighted by Gasteiger charge is 2.28. The maximum absolute atomic E-state index is 4.63. The number of aromatic nitrogens is 2. The molecule has 1 aromatic heterocycles. The maximum Gasteiger partial charge on any atom is 0.154 e. The van der Waals surface area contributed by atoms with Gasteiger partial charge in [0.2, 0.25) is 0 Å². The number of hydrogen-bond acceptors (Lipinski definition) is 3. The van der Waals surface area contributed by atoms with Crippen LogP contribution in [0.3, 0.4) is 0 Å². The monoisotopic (exact) mass is 268 g/mol. The Bertz CT molecular complexity index is 625. The van der Waals surface area contributed by atoms with Crippen LogP contribution in [0.2, 0.25) is 0 Å². The first-order valence-corrected chi connectivity index (χ1v) is 7.47. The molecule has 104 valence electrons. The number of fused-ring (bicyclic) bond motifs is 3. The third-order valence-corrected chi connectivity index (χ3v) is 4.53. The number of rotatable bonds is 1. The smallest absolute Gasteiger partial charge is 0.154 e. The highest BCUT2D eigenvalue weighted by atomic mass is 15.3. The second kappa shape index (κ2) is 4.63. The van der Waals surface area contributed by atoms with Crippen molar-refractivity contribution in [2.75, 3.05) is 31.1 Å². The molecule has 20 heavy (non-hydrogen) atoms. The Morgan fingerprint density at radius 2 is 2.00 bits per heavy atom. The van der Waals surface area contributed by atoms with Crippen LogP contribution in [-0.4, -0.2) is 36.4 Å². The summed E-state index contributed by atoms with van der Waals surface area (Å²) in [6.07, 6.45) is 1.09. The highest BCUT2D eigenvalue weighted by molar-refractivity contribution is 5.75. The molecule has 2 aromatic rings. The molecule has 4 heteroatoms. The predicted molar refractivity (Wildman–Crippen MR) is 81.2 cm³/mol. The summed E-state index contributed by atoms with van der Waals surface area (Å²) in [5.41, 5.74) is 5.40. The molecule has 1 aliphatic heterocycles. The second-order valence-electron chi connectivity index (χ2n) is 5.83. The molecule has 0 radical (unpaired) electrons. The number of H-pyrrole nitrogens is 1. The number of hydrogen-bond donors (Lipinski definition) is 2. The van der Waals surface area contributed by atoms with E-state index >= 15 is 0 Å². The van der Waals surface area contributed by atoms with Crippen molar-refractivity contribution in [3.63, 3.8) is 0 Å². The number of aromatic amines is 1. The number of piperazine rings is 1. The van der Waals surface area contributed by atoms with Gasteiger partial charge in [0.15, 0.2) is 5.82 Å². The molecule has 1 unspecified atom stereocenters. The SMILES string of the molecule is CC1Cc2c(N3CCNCC3)n[nH]c2-c2ccccc21. The summed E-state index contributed by atoms with van der Waals surface area (Å²) in [5.74, 6) is 1.74. The first-order chi connectivity index (χ1) is 9.84. The number of nitrogens with zero attached hydrogens (tertiary/aromatic N) is 2. The Balaban J connectivity index is 1.79. The van der Waals surface area contributed by atoms with E-state index in [1.165, 1.54) is 28.2 Å². The molecule has 4 rings (SSSR count). The molecule has 1 fully saturated rings. The van der Waals surface area contributed by atoms with E-state index < -0.39 is 0 Å². The zero-order valence-corrected chi connectivity index (χ0v) is 11.8. The first-order valence-electron chi connectivity index (χ1n) is 7.47. The van der Waals surface area contributed by atoms with Crippen molar-refractivity contribution in [3.05, 3.63) is 35.4 Å². The average Bonchev–Trinajstić information content (AvgIpc) is 2.92. The minimum atomic E-state index is 0.568. The maximum atomic E-state index is 4.63. The Kier molecular flexibility index (Phi) is 2.77. The van der Waals surface area contributed by atoms with E-state index in [1.807, 2.05) is 0 Å². The topological polar surface area (TPSA) is 44.0 Å². The third kappa shape index (κ3) is 1.75. The van der Waals surface area contributed by atoms with Gasteiger partial charge < -0.3 is 10.2 Å². The van der Waals surface area contributed by atoms with Gasteiger partial charge in [0, 0.05) is 37.3 Å². The van der Waals surface area contributed by atoms with E-state index in [0.717, 1.165) is 32.6 Å². The fourth-order valence-electron chi connectivity index (χ4n) is 3.48. The number of anilines is 1. The molecule has 0 bridgehead atoms. The molecule has 0 amide bonds. The molecule has 2 N–H and O–H groups in total. The molecule has 2 heterocycles. The Morgan fingerprint density at radius 1 is 1.20 bits per heavy atom. The van der Waals surface area contributed by atoms with Crippen LogP contribution in [-0.2, 0) is 6.42 Å². The van der Waals surface area contributed by atoms with Crippen LogP contribution in [0.1, 0.15) is 24.0 Å². The van der Waals surface area contributed by atoms with Crippen LogP contribution < -0.4 is 10.2 Å². The summed E-state index contributed by atoms with van der Waals surface area (Å²) in [6, 6.07) is 8.71. The second-order valence-corrected chi connectivity index (χ2v) is 5.83. The predicted octanol–water partition coefficient (Wildman–Crippen LogP) is 2.15. The van der Waals surface area contributed by atoms with Gasteiger partial charge in [-0.3, -0.25) is 5.10 Å². The summed E-state index contributed by atoms with van der Waals surface area (Å²) in [7, 11) is 0. The van der Waals surface area contributed by atoms with Crippen molar-refractivity contribution in [1.82, 2.24) is 15.5 Å². The van der Waals surface area contributed by atoms with Crippen molar-refractivity contribution >= 4 is 5.82 Å². The van der Waals surface area contributed by atoms with Crippen LogP contribution in [0.5, 0.6) is 0 Å². The fourth-order valence-corrected chi connectivity index (χ4v) is 3.48. The van der Waals surface area contributed by atoms with Gasteiger partial charge in [-0.15, -0.1) is 0 Å². The molecule has 1 aromatic carbocycles. The lowest BCUT2D eigenvalue weighted by Crippen LogP contribution is -2.44. The Hall–Kier alpha value is -1.81. The van der Waals surface area contributed by atoms with Gasteiger partial charge in [0.05, 0.1) is 5.69 Å². The first kappa shape index (κ1) is 12.0. The van der Waals surface area contributed by atoms with Gasteiger partial charge >= 0.3 is 0 Å². The minimum absolute atomic E-state index is 0.568. The van der Waals surface area contributed by atoms with Gasteiger partial charge in [0.1, 0.15) is 0 Å². The van der Waals surface area contributed by atoms with Crippen LogP contribution in [0.4, 0.5) is 5.82 Å². The van der Waals surface area contributed by atoms with Crippen LogP contribution in [0.25, 0.3) is 11.3 Å². The molecule has 1 saturated heterocycles. The summed E-state index contributed by atoms with van der Waals surface area (Å²) in [5, 5.41) is 11.3. The van der Waals surface area contributed by atoms with Crippen molar-refractivity contribution in [1.29, 1.82) is 0 Å². The minimum Gasteiger partial charge on any atom is -0.352 e. The average molecular weight is 268 g/mol. The van der Waals surface area contributed by atoms with E-state index in [4.69, 9.17) is 0 Å². The third-order valence-electron chi connectivity index (χ3n) is 4.53. The molecule has 1 aliphatic carbocycles. The van der Waals surface area contributed by atoms with E-state index in [9.17, 15) is 0 Å². The van der Waals surface area contributed by atoms with Crippen molar-refractivity contribution in [2.45, 2.75) is 19.3 Å². The normalized spacial score (nSPS) is 21.4. The van der Waals surface area contributed by atoms with Crippen LogP contribution >= 0.6 is 0 Å². The molecular formula is C16H20N4. The molecule has 1 atom stereocenters. The van der Waals surface area contributed by atoms with Crippen molar-refractivity contribution in [3.8, 4) is 11.3 Å². The molecule has 2 aliphatic rings. The Labute approximate surface area is 119 Å². The lowest BCUT2D eigenvalue weighted by molar-refractivity contribution is 0.582. The largest absolute Gasteiger partial charge is 0.352 e. The summed E-state index contributed by atoms with van der Waals surface area (Å²) >= 11 is 0. The van der Waals surface area contributed by atoms with E-state index in [-0.39, 0.29) is 0 Å². The molecule has 0 spiro atoms. The van der Waals surface area contributed by atoms with E-state index in [1.54, 1.807) is 0 Å². The van der Waals surface area contributed by atoms with Gasteiger partial charge in [-0.1, -0.05) is 31.2 Å². The zero-order chi connectivity index (χ0) is 13.5. The summed E-state index contributed by atoms with van der Waals surface area (Å²) in [6.45, 7) is 6.51. The summed E-state index contributed by atoms with van der Waals surface area (Å²) in [4.78, 5) is 2.41. The number of nitrogens with one attached hydrogen (secondary N) is 2.